The summed E-state index contributed by atoms with van der Waals surface area (Å²) in [7, 11) is 2.30. The van der Waals surface area contributed by atoms with Gasteiger partial charge in [-0.25, -0.2) is 4.98 Å². The van der Waals surface area contributed by atoms with Crippen molar-refractivity contribution in [2.75, 3.05) is 13.7 Å². The first-order valence-corrected chi connectivity index (χ1v) is 13.4. The molecule has 39 heavy (non-hydrogen) atoms. The summed E-state index contributed by atoms with van der Waals surface area (Å²) in [6.07, 6.45) is 1.85. The maximum absolute atomic E-state index is 6.50. The molecule has 0 spiro atoms. The summed E-state index contributed by atoms with van der Waals surface area (Å²) < 4.78 is 10.3. The summed E-state index contributed by atoms with van der Waals surface area (Å²) in [6, 6.07) is 34.2. The number of ether oxygens (including phenoxy) is 1. The van der Waals surface area contributed by atoms with Crippen molar-refractivity contribution in [2.24, 2.45) is 0 Å². The molecule has 2 atom stereocenters. The molecule has 0 amide bonds. The number of aryl methyl sites for hydroxylation is 2. The lowest BCUT2D eigenvalue weighted by Crippen LogP contribution is -2.68. The zero-order chi connectivity index (χ0) is 26.4. The highest BCUT2D eigenvalue weighted by Gasteiger charge is 2.59. The Morgan fingerprint density at radius 3 is 2.33 bits per heavy atom. The normalized spacial score (nSPS) is 21.2. The zero-order valence-corrected chi connectivity index (χ0v) is 22.3. The number of para-hydroxylation sites is 1. The van der Waals surface area contributed by atoms with E-state index < -0.39 is 0 Å². The van der Waals surface area contributed by atoms with Gasteiger partial charge in [0.1, 0.15) is 22.8 Å². The van der Waals surface area contributed by atoms with Gasteiger partial charge in [-0.3, -0.25) is 9.05 Å². The van der Waals surface area contributed by atoms with Crippen LogP contribution in [0.2, 0.25) is 0 Å². The van der Waals surface area contributed by atoms with Crippen molar-refractivity contribution in [3.8, 4) is 17.2 Å². The lowest BCUT2D eigenvalue weighted by molar-refractivity contribution is 0.157. The van der Waals surface area contributed by atoms with Crippen molar-refractivity contribution in [3.05, 3.63) is 121 Å². The Labute approximate surface area is 227 Å². The van der Waals surface area contributed by atoms with Crippen molar-refractivity contribution in [1.29, 1.82) is 0 Å². The molecule has 5 heteroatoms. The molecule has 1 saturated heterocycles. The molecular weight excluding hydrogens is 480 g/mol. The standard InChI is InChI=1S/C34H29N4O/c1-23-17-32-33(18-24(23)2)38(21-37(32,3)22-38)26-10-7-12-28(20-26)39-27-11-6-9-25(19-27)36-31-15-5-4-13-29(31)30-14-8-16-35-34(30)36/h4-21H,22H2,1-3H3/q+1/t37-,38+/m0/s1. The van der Waals surface area contributed by atoms with E-state index in [1.165, 1.54) is 33.6 Å². The van der Waals surface area contributed by atoms with Crippen LogP contribution in [0.25, 0.3) is 27.6 Å². The van der Waals surface area contributed by atoms with Crippen LogP contribution in [-0.4, -0.2) is 23.3 Å². The van der Waals surface area contributed by atoms with Crippen molar-refractivity contribution in [2.45, 2.75) is 13.8 Å². The first-order chi connectivity index (χ1) is 19.0. The maximum Gasteiger partial charge on any atom is 0.181 e. The highest BCUT2D eigenvalue weighted by molar-refractivity contribution is 6.07. The summed E-state index contributed by atoms with van der Waals surface area (Å²) in [5.74, 6) is 1.64. The Balaban J connectivity index is 1.17. The van der Waals surface area contributed by atoms with Gasteiger partial charge in [0.05, 0.1) is 24.9 Å². The van der Waals surface area contributed by atoms with Gasteiger partial charge in [0, 0.05) is 41.2 Å². The molecule has 3 aliphatic heterocycles. The Morgan fingerprint density at radius 2 is 1.49 bits per heavy atom. The summed E-state index contributed by atoms with van der Waals surface area (Å²) in [5, 5.41) is 2.34. The fourth-order valence-electron chi connectivity index (χ4n) is 6.63. The number of hydrogen-bond donors (Lipinski definition) is 0. The predicted molar refractivity (Wildman–Crippen MR) is 159 cm³/mol. The fourth-order valence-corrected chi connectivity index (χ4v) is 6.63. The minimum Gasteiger partial charge on any atom is -0.457 e. The van der Waals surface area contributed by atoms with E-state index in [-0.39, 0.29) is 0 Å². The van der Waals surface area contributed by atoms with Crippen LogP contribution in [0, 0.1) is 20.5 Å². The SMILES string of the molecule is Cc1cc2c(cc1C)[N@@+]1(C)[CH-][N@+]2(c2cccc(Oc3cccc(-n4c5ccccc5c5cccnc54)c3)c2)C1. The van der Waals surface area contributed by atoms with E-state index >= 15 is 0 Å². The van der Waals surface area contributed by atoms with E-state index in [4.69, 9.17) is 9.72 Å². The van der Waals surface area contributed by atoms with Crippen LogP contribution in [0.5, 0.6) is 11.5 Å². The molecule has 9 rings (SSSR count). The van der Waals surface area contributed by atoms with E-state index in [1.807, 2.05) is 30.5 Å². The van der Waals surface area contributed by atoms with Crippen LogP contribution >= 0.6 is 0 Å². The van der Waals surface area contributed by atoms with Gasteiger partial charge in [-0.1, -0.05) is 30.3 Å². The van der Waals surface area contributed by atoms with Crippen LogP contribution in [0.3, 0.4) is 0 Å². The average molecular weight is 510 g/mol. The van der Waals surface area contributed by atoms with Crippen molar-refractivity contribution >= 4 is 39.0 Å². The van der Waals surface area contributed by atoms with Gasteiger partial charge in [0.2, 0.25) is 0 Å². The van der Waals surface area contributed by atoms with Crippen LogP contribution in [0.4, 0.5) is 17.1 Å². The third kappa shape index (κ3) is 3.11. The number of rotatable bonds is 4. The van der Waals surface area contributed by atoms with Gasteiger partial charge in [-0.15, -0.1) is 0 Å². The Kier molecular flexibility index (Phi) is 4.50. The van der Waals surface area contributed by atoms with E-state index in [2.05, 4.69) is 105 Å². The summed E-state index contributed by atoms with van der Waals surface area (Å²) in [5.41, 5.74) is 9.80. The monoisotopic (exact) mass is 509 g/mol. The van der Waals surface area contributed by atoms with E-state index in [0.717, 1.165) is 49.4 Å². The largest absolute Gasteiger partial charge is 0.457 e. The molecule has 2 bridgehead atoms. The molecule has 3 aliphatic rings. The highest BCUT2D eigenvalue weighted by Crippen LogP contribution is 2.61. The number of aromatic nitrogens is 2. The Bertz CT molecular complexity index is 1890. The molecule has 5 nitrogen and oxygen atoms in total. The van der Waals surface area contributed by atoms with Crippen LogP contribution in [-0.2, 0) is 0 Å². The number of hydrogen-bond acceptors (Lipinski definition) is 2. The molecule has 0 unspecified atom stereocenters. The average Bonchev–Trinajstić information content (AvgIpc) is 3.48. The predicted octanol–water partition coefficient (Wildman–Crippen LogP) is 8.27. The third-order valence-corrected chi connectivity index (χ3v) is 8.56. The zero-order valence-electron chi connectivity index (χ0n) is 22.3. The Hall–Kier alpha value is -4.45. The molecule has 0 aliphatic carbocycles. The summed E-state index contributed by atoms with van der Waals surface area (Å²) >= 11 is 0. The highest BCUT2D eigenvalue weighted by atomic mass is 16.5. The molecule has 0 N–H and O–H groups in total. The van der Waals surface area contributed by atoms with Gasteiger partial charge in [-0.2, -0.15) is 0 Å². The molecule has 4 aromatic carbocycles. The first-order valence-electron chi connectivity index (χ1n) is 13.4. The van der Waals surface area contributed by atoms with Gasteiger partial charge in [-0.05, 0) is 67.4 Å². The van der Waals surface area contributed by atoms with E-state index in [1.54, 1.807) is 0 Å². The lowest BCUT2D eigenvalue weighted by atomic mass is 10.1. The minimum atomic E-state index is 0.761. The van der Waals surface area contributed by atoms with Gasteiger partial charge in [0.25, 0.3) is 0 Å². The number of nitrogens with zero attached hydrogens (tertiary/aromatic N) is 4. The summed E-state index contributed by atoms with van der Waals surface area (Å²) in [4.78, 5) is 4.73. The van der Waals surface area contributed by atoms with Gasteiger partial charge in [0.15, 0.2) is 18.0 Å². The Morgan fingerprint density at radius 1 is 0.769 bits per heavy atom. The second-order valence-corrected chi connectivity index (χ2v) is 11.1. The van der Waals surface area contributed by atoms with Crippen molar-refractivity contribution < 1.29 is 4.74 Å². The molecular formula is C34H29N4O+. The summed E-state index contributed by atoms with van der Waals surface area (Å²) in [6.45, 7) is 7.84. The van der Waals surface area contributed by atoms with Crippen LogP contribution in [0.1, 0.15) is 11.1 Å². The molecule has 0 saturated carbocycles. The molecule has 1 fully saturated rings. The van der Waals surface area contributed by atoms with Gasteiger partial charge < -0.3 is 9.22 Å². The van der Waals surface area contributed by atoms with Crippen molar-refractivity contribution in [1.82, 2.24) is 18.5 Å². The number of quaternary nitrogens is 2. The van der Waals surface area contributed by atoms with Gasteiger partial charge >= 0.3 is 0 Å². The first kappa shape index (κ1) is 22.5. The second kappa shape index (κ2) is 7.79. The topological polar surface area (TPSA) is 27.1 Å². The van der Waals surface area contributed by atoms with Crippen molar-refractivity contribution in [3.63, 3.8) is 0 Å². The van der Waals surface area contributed by atoms with E-state index in [0.29, 0.717) is 0 Å². The lowest BCUT2D eigenvalue weighted by Gasteiger charge is -2.54. The van der Waals surface area contributed by atoms with Crippen LogP contribution < -0.4 is 13.7 Å². The van der Waals surface area contributed by atoms with Crippen LogP contribution in [0.15, 0.2) is 103 Å². The fraction of sp³-hybridized carbons (Fsp3) is 0.118. The number of pyridine rings is 1. The molecule has 190 valence electrons. The number of benzene rings is 4. The minimum absolute atomic E-state index is 0.761. The molecule has 5 heterocycles. The van der Waals surface area contributed by atoms with E-state index in [9.17, 15) is 0 Å². The maximum atomic E-state index is 6.50. The molecule has 2 aromatic heterocycles. The molecule has 0 radical (unpaired) electrons. The third-order valence-electron chi connectivity index (χ3n) is 8.56. The smallest absolute Gasteiger partial charge is 0.181 e. The second-order valence-electron chi connectivity index (χ2n) is 11.1. The molecule has 6 aromatic rings. The number of fused-ring (bicyclic) bond motifs is 3. The quantitative estimate of drug-likeness (QED) is 0.177.